The summed E-state index contributed by atoms with van der Waals surface area (Å²) >= 11 is 0. The van der Waals surface area contributed by atoms with Crippen LogP contribution in [0.3, 0.4) is 0 Å². The molecule has 0 heterocycles. The standard InChI is InChI=1S/C27H44O5/c1-24(28)32-26(19-13-7-5-3-2-4-6-8-15-21-27(29)30)20-14-10-16-22-31-23-25-17-11-9-12-18-25/h9,11-12,17-18,26H,2-8,10,13-16,19-23H2,1H3,(H,29,30). The van der Waals surface area contributed by atoms with E-state index in [-0.39, 0.29) is 12.1 Å². The second-order valence-electron chi connectivity index (χ2n) is 8.73. The van der Waals surface area contributed by atoms with Crippen molar-refractivity contribution < 1.29 is 24.2 Å². The second-order valence-corrected chi connectivity index (χ2v) is 8.73. The number of carboxylic acids is 1. The second kappa shape index (κ2) is 19.8. The van der Waals surface area contributed by atoms with Gasteiger partial charge in [0.1, 0.15) is 6.10 Å². The van der Waals surface area contributed by atoms with Crippen LogP contribution < -0.4 is 0 Å². The Labute approximate surface area is 194 Å². The molecule has 0 aliphatic rings. The summed E-state index contributed by atoms with van der Waals surface area (Å²) in [7, 11) is 0. The number of esters is 1. The van der Waals surface area contributed by atoms with Crippen LogP contribution in [-0.2, 0) is 25.7 Å². The van der Waals surface area contributed by atoms with E-state index in [0.29, 0.717) is 13.0 Å². The van der Waals surface area contributed by atoms with E-state index in [9.17, 15) is 9.59 Å². The van der Waals surface area contributed by atoms with Gasteiger partial charge in [0.2, 0.25) is 0 Å². The molecular weight excluding hydrogens is 404 g/mol. The number of carboxylic acid groups (broad SMARTS) is 1. The van der Waals surface area contributed by atoms with E-state index in [4.69, 9.17) is 14.6 Å². The molecule has 1 unspecified atom stereocenters. The van der Waals surface area contributed by atoms with Crippen molar-refractivity contribution in [2.24, 2.45) is 0 Å². The lowest BCUT2D eigenvalue weighted by molar-refractivity contribution is -0.147. The average molecular weight is 449 g/mol. The number of rotatable bonds is 21. The number of hydrogen-bond donors (Lipinski definition) is 1. The fourth-order valence-corrected chi connectivity index (χ4v) is 3.90. The Morgan fingerprint density at radius 1 is 0.781 bits per heavy atom. The van der Waals surface area contributed by atoms with Crippen molar-refractivity contribution in [2.75, 3.05) is 6.61 Å². The lowest BCUT2D eigenvalue weighted by atomic mass is 10.0. The first-order chi connectivity index (χ1) is 15.6. The highest BCUT2D eigenvalue weighted by Crippen LogP contribution is 2.17. The molecule has 1 N–H and O–H groups in total. The first kappa shape index (κ1) is 28.2. The van der Waals surface area contributed by atoms with Crippen LogP contribution >= 0.6 is 0 Å². The van der Waals surface area contributed by atoms with Gasteiger partial charge in [-0.25, -0.2) is 0 Å². The Balaban J connectivity index is 1.97. The molecule has 1 rings (SSSR count). The number of aliphatic carboxylic acids is 1. The summed E-state index contributed by atoms with van der Waals surface area (Å²) < 4.78 is 11.3. The molecule has 0 spiro atoms. The third-order valence-electron chi connectivity index (χ3n) is 5.68. The van der Waals surface area contributed by atoms with Gasteiger partial charge in [0.05, 0.1) is 6.61 Å². The zero-order valence-electron chi connectivity index (χ0n) is 20.1. The van der Waals surface area contributed by atoms with Crippen LogP contribution in [0.4, 0.5) is 0 Å². The summed E-state index contributed by atoms with van der Waals surface area (Å²) in [6, 6.07) is 10.2. The molecule has 32 heavy (non-hydrogen) atoms. The van der Waals surface area contributed by atoms with Crippen molar-refractivity contribution in [2.45, 2.75) is 116 Å². The van der Waals surface area contributed by atoms with E-state index < -0.39 is 5.97 Å². The van der Waals surface area contributed by atoms with Gasteiger partial charge in [-0.2, -0.15) is 0 Å². The van der Waals surface area contributed by atoms with Gasteiger partial charge >= 0.3 is 11.9 Å². The molecule has 0 amide bonds. The molecule has 0 saturated carbocycles. The van der Waals surface area contributed by atoms with Gasteiger partial charge < -0.3 is 14.6 Å². The zero-order chi connectivity index (χ0) is 23.3. The van der Waals surface area contributed by atoms with Crippen molar-refractivity contribution >= 4 is 11.9 Å². The average Bonchev–Trinajstić information content (AvgIpc) is 2.76. The summed E-state index contributed by atoms with van der Waals surface area (Å²) in [6.45, 7) is 2.94. The molecule has 0 saturated heterocycles. The Kier molecular flexibility index (Phi) is 17.4. The zero-order valence-corrected chi connectivity index (χ0v) is 20.1. The predicted octanol–water partition coefficient (Wildman–Crippen LogP) is 7.07. The van der Waals surface area contributed by atoms with Crippen molar-refractivity contribution in [3.05, 3.63) is 35.9 Å². The van der Waals surface area contributed by atoms with Crippen molar-refractivity contribution in [1.29, 1.82) is 0 Å². The van der Waals surface area contributed by atoms with Gasteiger partial charge in [-0.05, 0) is 44.1 Å². The molecule has 0 fully saturated rings. The number of benzene rings is 1. The summed E-state index contributed by atoms with van der Waals surface area (Å²) in [5.41, 5.74) is 1.21. The molecule has 0 aliphatic heterocycles. The van der Waals surface area contributed by atoms with E-state index >= 15 is 0 Å². The van der Waals surface area contributed by atoms with Crippen LogP contribution in [0.25, 0.3) is 0 Å². The number of carbonyl (C=O) groups excluding carboxylic acids is 1. The maximum absolute atomic E-state index is 11.4. The van der Waals surface area contributed by atoms with Gasteiger partial charge in [-0.3, -0.25) is 9.59 Å². The van der Waals surface area contributed by atoms with E-state index in [2.05, 4.69) is 12.1 Å². The number of unbranched alkanes of at least 4 members (excludes halogenated alkanes) is 10. The summed E-state index contributed by atoms with van der Waals surface area (Å²) in [5, 5.41) is 8.62. The van der Waals surface area contributed by atoms with Gasteiger partial charge in [0, 0.05) is 20.0 Å². The molecule has 1 aromatic rings. The van der Waals surface area contributed by atoms with Crippen LogP contribution in [0.2, 0.25) is 0 Å². The molecule has 182 valence electrons. The lowest BCUT2D eigenvalue weighted by Gasteiger charge is -2.17. The van der Waals surface area contributed by atoms with Crippen LogP contribution in [-0.4, -0.2) is 29.8 Å². The van der Waals surface area contributed by atoms with Crippen LogP contribution in [0.15, 0.2) is 30.3 Å². The molecule has 0 aliphatic carbocycles. The van der Waals surface area contributed by atoms with Gasteiger partial charge in [-0.15, -0.1) is 0 Å². The van der Waals surface area contributed by atoms with Crippen molar-refractivity contribution in [3.63, 3.8) is 0 Å². The maximum atomic E-state index is 11.4. The van der Waals surface area contributed by atoms with E-state index in [0.717, 1.165) is 64.4 Å². The minimum atomic E-state index is -0.690. The highest BCUT2D eigenvalue weighted by atomic mass is 16.5. The van der Waals surface area contributed by atoms with E-state index in [1.54, 1.807) is 0 Å². The van der Waals surface area contributed by atoms with Crippen molar-refractivity contribution in [1.82, 2.24) is 0 Å². The third kappa shape index (κ3) is 17.8. The Morgan fingerprint density at radius 3 is 1.88 bits per heavy atom. The molecular formula is C27H44O5. The van der Waals surface area contributed by atoms with Gasteiger partial charge in [0.25, 0.3) is 0 Å². The summed E-state index contributed by atoms with van der Waals surface area (Å²) in [6.07, 6.45) is 15.6. The first-order valence-electron chi connectivity index (χ1n) is 12.6. The number of carbonyl (C=O) groups is 2. The molecule has 0 aromatic heterocycles. The highest BCUT2D eigenvalue weighted by Gasteiger charge is 2.11. The number of ether oxygens (including phenoxy) is 2. The minimum absolute atomic E-state index is 0.0481. The minimum Gasteiger partial charge on any atom is -0.481 e. The quantitative estimate of drug-likeness (QED) is 0.161. The first-order valence-corrected chi connectivity index (χ1v) is 12.6. The molecule has 5 nitrogen and oxygen atoms in total. The summed E-state index contributed by atoms with van der Waals surface area (Å²) in [4.78, 5) is 21.9. The molecule has 1 aromatic carbocycles. The van der Waals surface area contributed by atoms with Crippen LogP contribution in [0.1, 0.15) is 109 Å². The smallest absolute Gasteiger partial charge is 0.303 e. The van der Waals surface area contributed by atoms with Gasteiger partial charge in [-0.1, -0.05) is 81.7 Å². The monoisotopic (exact) mass is 448 g/mol. The topological polar surface area (TPSA) is 72.8 Å². The maximum Gasteiger partial charge on any atom is 0.303 e. The SMILES string of the molecule is CC(=O)OC(CCCCCCCCCCCC(=O)O)CCCCCOCc1ccccc1. The van der Waals surface area contributed by atoms with Crippen LogP contribution in [0, 0.1) is 0 Å². The van der Waals surface area contributed by atoms with E-state index in [1.807, 2.05) is 18.2 Å². The molecule has 0 bridgehead atoms. The van der Waals surface area contributed by atoms with E-state index in [1.165, 1.54) is 44.6 Å². The Hall–Kier alpha value is -1.88. The third-order valence-corrected chi connectivity index (χ3v) is 5.68. The number of hydrogen-bond acceptors (Lipinski definition) is 4. The highest BCUT2D eigenvalue weighted by molar-refractivity contribution is 5.66. The molecule has 0 radical (unpaired) electrons. The molecule has 5 heteroatoms. The predicted molar refractivity (Wildman–Crippen MR) is 129 cm³/mol. The largest absolute Gasteiger partial charge is 0.481 e. The Bertz CT molecular complexity index is 587. The van der Waals surface area contributed by atoms with Crippen molar-refractivity contribution in [3.8, 4) is 0 Å². The van der Waals surface area contributed by atoms with Gasteiger partial charge in [0.15, 0.2) is 0 Å². The normalized spacial score (nSPS) is 11.9. The fraction of sp³-hybridized carbons (Fsp3) is 0.704. The fourth-order valence-electron chi connectivity index (χ4n) is 3.90. The summed E-state index contributed by atoms with van der Waals surface area (Å²) in [5.74, 6) is -0.867. The Morgan fingerprint density at radius 2 is 1.31 bits per heavy atom. The lowest BCUT2D eigenvalue weighted by Crippen LogP contribution is -2.16. The molecule has 1 atom stereocenters. The van der Waals surface area contributed by atoms with Crippen LogP contribution in [0.5, 0.6) is 0 Å².